The van der Waals surface area contributed by atoms with Crippen LogP contribution in [0.15, 0.2) is 32.1 Å². The van der Waals surface area contributed by atoms with Gasteiger partial charge in [0, 0.05) is 14.7 Å². The Kier molecular flexibility index (Phi) is 5.59. The van der Waals surface area contributed by atoms with E-state index in [1.165, 1.54) is 11.8 Å². The first kappa shape index (κ1) is 14.4. The van der Waals surface area contributed by atoms with Gasteiger partial charge >= 0.3 is 0 Å². The van der Waals surface area contributed by atoms with E-state index in [1.54, 1.807) is 11.8 Å². The Balaban J connectivity index is 1.86. The first-order valence-corrected chi connectivity index (χ1v) is 8.76. The number of carbonyl (C=O) groups excluding carboxylic acids is 1. The molecule has 18 heavy (non-hydrogen) atoms. The lowest BCUT2D eigenvalue weighted by atomic mass is 10.3. The summed E-state index contributed by atoms with van der Waals surface area (Å²) >= 11 is 10.00. The molecule has 1 aromatic carbocycles. The van der Waals surface area contributed by atoms with E-state index in [-0.39, 0.29) is 5.91 Å². The zero-order valence-electron chi connectivity index (χ0n) is 9.28. The van der Waals surface area contributed by atoms with Gasteiger partial charge in [-0.1, -0.05) is 39.5 Å². The van der Waals surface area contributed by atoms with Gasteiger partial charge in [-0.25, -0.2) is 0 Å². The molecule has 0 unspecified atom stereocenters. The van der Waals surface area contributed by atoms with Crippen molar-refractivity contribution in [2.45, 2.75) is 0 Å². The van der Waals surface area contributed by atoms with E-state index in [4.69, 9.17) is 0 Å². The summed E-state index contributed by atoms with van der Waals surface area (Å²) in [5.74, 6) is 1.41. The largest absolute Gasteiger partial charge is 0.324 e. The molecule has 0 aromatic heterocycles. The summed E-state index contributed by atoms with van der Waals surface area (Å²) in [5, 5.41) is 2.87. The number of nitrogens with one attached hydrogen (secondary N) is 1. The molecule has 1 aliphatic heterocycles. The molecule has 3 nitrogen and oxygen atoms in total. The topological polar surface area (TPSA) is 41.5 Å². The second-order valence-corrected chi connectivity index (χ2v) is 7.53. The normalized spacial score (nSPS) is 14.4. The van der Waals surface area contributed by atoms with Crippen LogP contribution in [0.4, 0.5) is 5.69 Å². The fourth-order valence-electron chi connectivity index (χ4n) is 1.31. The number of hydrogen-bond donors (Lipinski definition) is 1. The molecule has 96 valence electrons. The predicted octanol–water partition coefficient (Wildman–Crippen LogP) is 3.99. The van der Waals surface area contributed by atoms with Crippen LogP contribution >= 0.6 is 55.4 Å². The van der Waals surface area contributed by atoms with Crippen molar-refractivity contribution in [1.82, 2.24) is 0 Å². The van der Waals surface area contributed by atoms with Crippen molar-refractivity contribution in [3.63, 3.8) is 0 Å². The summed E-state index contributed by atoms with van der Waals surface area (Å²) in [6, 6.07) is 5.66. The maximum atomic E-state index is 11.8. The van der Waals surface area contributed by atoms with Gasteiger partial charge in [0.2, 0.25) is 5.91 Å². The molecule has 0 saturated carbocycles. The molecule has 0 atom stereocenters. The highest BCUT2D eigenvalue weighted by atomic mass is 79.9. The third-order valence-electron chi connectivity index (χ3n) is 2.09. The first-order chi connectivity index (χ1) is 8.65. The third kappa shape index (κ3) is 4.29. The van der Waals surface area contributed by atoms with Crippen LogP contribution in [0, 0.1) is 0 Å². The molecule has 0 radical (unpaired) electrons. The van der Waals surface area contributed by atoms with E-state index in [2.05, 4.69) is 42.2 Å². The smallest absolute Gasteiger partial charge is 0.234 e. The van der Waals surface area contributed by atoms with Crippen LogP contribution in [0.2, 0.25) is 0 Å². The maximum absolute atomic E-state index is 11.8. The van der Waals surface area contributed by atoms with Gasteiger partial charge in [-0.15, -0.1) is 0 Å². The fourth-order valence-corrected chi connectivity index (χ4v) is 4.26. The standard InChI is InChI=1S/C11H10Br2N2OS2/c12-7-1-2-9(8(13)5-7)15-10(16)6-18-11-14-3-4-17-11/h1-2,5H,3-4,6H2,(H,15,16). The van der Waals surface area contributed by atoms with Gasteiger partial charge < -0.3 is 5.32 Å². The molecule has 7 heteroatoms. The molecule has 1 aliphatic rings. The Bertz CT molecular complexity index is 494. The monoisotopic (exact) mass is 408 g/mol. The highest BCUT2D eigenvalue weighted by Gasteiger charge is 2.11. The Morgan fingerprint density at radius 1 is 1.50 bits per heavy atom. The summed E-state index contributed by atoms with van der Waals surface area (Å²) in [6.07, 6.45) is 0. The van der Waals surface area contributed by atoms with Crippen LogP contribution in [-0.4, -0.2) is 28.3 Å². The van der Waals surface area contributed by atoms with Crippen LogP contribution in [0.25, 0.3) is 0 Å². The summed E-state index contributed by atoms with van der Waals surface area (Å²) in [7, 11) is 0. The molecule has 1 heterocycles. The van der Waals surface area contributed by atoms with Crippen molar-refractivity contribution < 1.29 is 4.79 Å². The Morgan fingerprint density at radius 3 is 3.00 bits per heavy atom. The van der Waals surface area contributed by atoms with Gasteiger partial charge in [-0.05, 0) is 34.1 Å². The van der Waals surface area contributed by atoms with Gasteiger partial charge in [0.25, 0.3) is 0 Å². The SMILES string of the molecule is O=C(CSC1=NCCS1)Nc1ccc(Br)cc1Br. The molecule has 0 spiro atoms. The van der Waals surface area contributed by atoms with Crippen molar-refractivity contribution >= 4 is 71.4 Å². The number of aliphatic imine (C=N–C) groups is 1. The van der Waals surface area contributed by atoms with Crippen LogP contribution in [-0.2, 0) is 4.79 Å². The number of amides is 1. The fraction of sp³-hybridized carbons (Fsp3) is 0.273. The molecule has 1 amide bonds. The Labute approximate surface area is 131 Å². The number of anilines is 1. The molecule has 0 bridgehead atoms. The maximum Gasteiger partial charge on any atom is 0.234 e. The van der Waals surface area contributed by atoms with Crippen LogP contribution in [0.1, 0.15) is 0 Å². The van der Waals surface area contributed by atoms with Crippen molar-refractivity contribution in [1.29, 1.82) is 0 Å². The second kappa shape index (κ2) is 6.98. The number of carbonyl (C=O) groups is 1. The van der Waals surface area contributed by atoms with Gasteiger partial charge in [0.1, 0.15) is 4.38 Å². The summed E-state index contributed by atoms with van der Waals surface area (Å²) < 4.78 is 2.85. The van der Waals surface area contributed by atoms with Gasteiger partial charge in [-0.2, -0.15) is 0 Å². The van der Waals surface area contributed by atoms with Crippen LogP contribution < -0.4 is 5.32 Å². The van der Waals surface area contributed by atoms with E-state index >= 15 is 0 Å². The molecule has 0 saturated heterocycles. The minimum Gasteiger partial charge on any atom is -0.324 e. The van der Waals surface area contributed by atoms with Crippen molar-refractivity contribution in [2.75, 3.05) is 23.4 Å². The lowest BCUT2D eigenvalue weighted by Crippen LogP contribution is -2.15. The average Bonchev–Trinajstić information content (AvgIpc) is 2.83. The van der Waals surface area contributed by atoms with Crippen LogP contribution in [0.3, 0.4) is 0 Å². The highest BCUT2D eigenvalue weighted by molar-refractivity contribution is 9.11. The number of rotatable bonds is 3. The average molecular weight is 410 g/mol. The highest BCUT2D eigenvalue weighted by Crippen LogP contribution is 2.27. The zero-order chi connectivity index (χ0) is 13.0. The van der Waals surface area contributed by atoms with E-state index < -0.39 is 0 Å². The van der Waals surface area contributed by atoms with Gasteiger partial charge in [0.05, 0.1) is 18.0 Å². The molecule has 1 aromatic rings. The molecule has 0 aliphatic carbocycles. The predicted molar refractivity (Wildman–Crippen MR) is 87.7 cm³/mol. The third-order valence-corrected chi connectivity index (χ3v) is 5.49. The lowest BCUT2D eigenvalue weighted by Gasteiger charge is -2.07. The Hall–Kier alpha value is 0.0200. The minimum atomic E-state index is -0.0155. The molecule has 0 fully saturated rings. The summed E-state index contributed by atoms with van der Waals surface area (Å²) in [4.78, 5) is 16.1. The first-order valence-electron chi connectivity index (χ1n) is 5.20. The number of benzene rings is 1. The number of thioether (sulfide) groups is 2. The second-order valence-electron chi connectivity index (χ2n) is 3.46. The summed E-state index contributed by atoms with van der Waals surface area (Å²) in [6.45, 7) is 0.868. The molecule has 1 N–H and O–H groups in total. The van der Waals surface area contributed by atoms with E-state index in [0.29, 0.717) is 5.75 Å². The van der Waals surface area contributed by atoms with Gasteiger partial charge in [0.15, 0.2) is 0 Å². The zero-order valence-corrected chi connectivity index (χ0v) is 14.1. The Morgan fingerprint density at radius 2 is 2.33 bits per heavy atom. The molecule has 2 rings (SSSR count). The van der Waals surface area contributed by atoms with E-state index in [9.17, 15) is 4.79 Å². The minimum absolute atomic E-state index is 0.0155. The lowest BCUT2D eigenvalue weighted by molar-refractivity contribution is -0.113. The molecular weight excluding hydrogens is 400 g/mol. The summed E-state index contributed by atoms with van der Waals surface area (Å²) in [5.41, 5.74) is 0.782. The van der Waals surface area contributed by atoms with Gasteiger partial charge in [-0.3, -0.25) is 9.79 Å². The number of nitrogens with zero attached hydrogens (tertiary/aromatic N) is 1. The van der Waals surface area contributed by atoms with Crippen molar-refractivity contribution in [3.05, 3.63) is 27.1 Å². The van der Waals surface area contributed by atoms with E-state index in [0.717, 1.165) is 31.3 Å². The van der Waals surface area contributed by atoms with Crippen LogP contribution in [0.5, 0.6) is 0 Å². The van der Waals surface area contributed by atoms with Crippen molar-refractivity contribution in [2.24, 2.45) is 4.99 Å². The quantitative estimate of drug-likeness (QED) is 0.820. The van der Waals surface area contributed by atoms with E-state index in [1.807, 2.05) is 18.2 Å². The number of halogens is 2. The number of hydrogen-bond acceptors (Lipinski definition) is 4. The molecular formula is C11H10Br2N2OS2. The van der Waals surface area contributed by atoms with Crippen molar-refractivity contribution in [3.8, 4) is 0 Å².